The minimum Gasteiger partial charge on any atom is -0.444 e. The van der Waals surface area contributed by atoms with Crippen LogP contribution >= 0.6 is 0 Å². The molecule has 0 bridgehead atoms. The molecule has 0 aliphatic carbocycles. The van der Waals surface area contributed by atoms with Crippen LogP contribution in [0.4, 0.5) is 4.79 Å². The Kier molecular flexibility index (Phi) is 4.26. The van der Waals surface area contributed by atoms with E-state index in [0.29, 0.717) is 5.92 Å². The highest BCUT2D eigenvalue weighted by molar-refractivity contribution is 5.68. The lowest BCUT2D eigenvalue weighted by molar-refractivity contribution is 0.0288. The van der Waals surface area contributed by atoms with Crippen LogP contribution in [-0.2, 0) is 11.2 Å². The van der Waals surface area contributed by atoms with Crippen LogP contribution in [-0.4, -0.2) is 39.9 Å². The minimum atomic E-state index is -0.433. The highest BCUT2D eigenvalue weighted by Gasteiger charge is 2.29. The molecule has 1 amide bonds. The molecule has 2 rings (SSSR count). The molecule has 110 valence electrons. The summed E-state index contributed by atoms with van der Waals surface area (Å²) in [4.78, 5) is 13.8. The number of likely N-dealkylation sites (tertiary alicyclic amines) is 1. The van der Waals surface area contributed by atoms with E-state index < -0.39 is 5.60 Å². The van der Waals surface area contributed by atoms with Gasteiger partial charge in [-0.3, -0.25) is 0 Å². The normalized spacial score (nSPS) is 19.2. The summed E-state index contributed by atoms with van der Waals surface area (Å²) >= 11 is 0. The van der Waals surface area contributed by atoms with Gasteiger partial charge in [0.05, 0.1) is 11.9 Å². The molecule has 5 heteroatoms. The van der Waals surface area contributed by atoms with Gasteiger partial charge in [0.15, 0.2) is 0 Å². The first-order valence-corrected chi connectivity index (χ1v) is 7.09. The molecule has 1 atom stereocenters. The molecule has 0 N–H and O–H groups in total. The van der Waals surface area contributed by atoms with Crippen LogP contribution in [0.2, 0.25) is 0 Å². The van der Waals surface area contributed by atoms with Crippen LogP contribution in [0.25, 0.3) is 0 Å². The Morgan fingerprint density at radius 1 is 1.50 bits per heavy atom. The average Bonchev–Trinajstić information content (AvgIpc) is 2.75. The lowest BCUT2D eigenvalue weighted by Crippen LogP contribution is -2.35. The lowest BCUT2D eigenvalue weighted by Gasteiger charge is -2.24. The summed E-state index contributed by atoms with van der Waals surface area (Å²) in [5.41, 5.74) is 1.69. The topological polar surface area (TPSA) is 55.3 Å². The number of amides is 1. The predicted octanol–water partition coefficient (Wildman–Crippen LogP) is 2.58. The van der Waals surface area contributed by atoms with Crippen LogP contribution in [0, 0.1) is 12.8 Å². The molecule has 5 nitrogen and oxygen atoms in total. The Morgan fingerprint density at radius 2 is 2.25 bits per heavy atom. The Balaban J connectivity index is 1.88. The van der Waals surface area contributed by atoms with Crippen LogP contribution in [0.5, 0.6) is 0 Å². The number of hydrogen-bond donors (Lipinski definition) is 0. The zero-order valence-electron chi connectivity index (χ0n) is 12.7. The molecule has 1 aromatic rings. The first-order valence-electron chi connectivity index (χ1n) is 7.09. The summed E-state index contributed by atoms with van der Waals surface area (Å²) in [6.07, 6.45) is 3.41. The van der Waals surface area contributed by atoms with E-state index in [1.807, 2.05) is 27.7 Å². The van der Waals surface area contributed by atoms with Gasteiger partial charge in [-0.05, 0) is 58.1 Å². The molecule has 1 fully saturated rings. The highest BCUT2D eigenvalue weighted by Crippen LogP contribution is 2.22. The summed E-state index contributed by atoms with van der Waals surface area (Å²) in [5.74, 6) is 0.443. The fourth-order valence-corrected chi connectivity index (χ4v) is 2.41. The van der Waals surface area contributed by atoms with Gasteiger partial charge >= 0.3 is 6.09 Å². The van der Waals surface area contributed by atoms with Crippen LogP contribution in [0.3, 0.4) is 0 Å². The third kappa shape index (κ3) is 4.18. The Hall–Kier alpha value is -1.65. The number of aryl methyl sites for hydroxylation is 1. The van der Waals surface area contributed by atoms with E-state index in [1.54, 1.807) is 11.1 Å². The molecule has 1 aliphatic heterocycles. The van der Waals surface area contributed by atoms with Crippen molar-refractivity contribution in [1.29, 1.82) is 0 Å². The molecule has 1 aliphatic rings. The molecule has 2 heterocycles. The van der Waals surface area contributed by atoms with Gasteiger partial charge in [0.2, 0.25) is 0 Å². The molecule has 1 unspecified atom stereocenters. The summed E-state index contributed by atoms with van der Waals surface area (Å²) < 4.78 is 5.40. The average molecular weight is 277 g/mol. The zero-order chi connectivity index (χ0) is 14.8. The van der Waals surface area contributed by atoms with Gasteiger partial charge < -0.3 is 9.64 Å². The predicted molar refractivity (Wildman–Crippen MR) is 76.4 cm³/mol. The Bertz CT molecular complexity index is 482. The second kappa shape index (κ2) is 5.77. The van der Waals surface area contributed by atoms with Gasteiger partial charge in [-0.25, -0.2) is 4.79 Å². The van der Waals surface area contributed by atoms with Gasteiger partial charge in [0.25, 0.3) is 0 Å². The summed E-state index contributed by atoms with van der Waals surface area (Å²) in [7, 11) is 0. The largest absolute Gasteiger partial charge is 0.444 e. The molecule has 0 saturated carbocycles. The third-order valence-electron chi connectivity index (χ3n) is 3.28. The number of carbonyl (C=O) groups excluding carboxylic acids is 1. The van der Waals surface area contributed by atoms with E-state index in [9.17, 15) is 4.79 Å². The van der Waals surface area contributed by atoms with E-state index in [2.05, 4.69) is 16.3 Å². The number of hydrogen-bond acceptors (Lipinski definition) is 4. The maximum Gasteiger partial charge on any atom is 0.410 e. The fourth-order valence-electron chi connectivity index (χ4n) is 2.41. The zero-order valence-corrected chi connectivity index (χ0v) is 12.7. The van der Waals surface area contributed by atoms with E-state index >= 15 is 0 Å². The van der Waals surface area contributed by atoms with Crippen molar-refractivity contribution in [2.24, 2.45) is 5.92 Å². The minimum absolute atomic E-state index is 0.213. The van der Waals surface area contributed by atoms with Crippen molar-refractivity contribution in [1.82, 2.24) is 15.1 Å². The smallest absolute Gasteiger partial charge is 0.410 e. The summed E-state index contributed by atoms with van der Waals surface area (Å²) in [6, 6.07) is 2.06. The summed E-state index contributed by atoms with van der Waals surface area (Å²) in [6.45, 7) is 9.19. The van der Waals surface area contributed by atoms with Gasteiger partial charge in [0.1, 0.15) is 5.60 Å². The van der Waals surface area contributed by atoms with Gasteiger partial charge in [-0.1, -0.05) is 0 Å². The number of rotatable bonds is 2. The first kappa shape index (κ1) is 14.8. The third-order valence-corrected chi connectivity index (χ3v) is 3.28. The molecule has 0 spiro atoms. The monoisotopic (exact) mass is 277 g/mol. The van der Waals surface area contributed by atoms with Crippen LogP contribution < -0.4 is 0 Å². The number of carbonyl (C=O) groups is 1. The number of ether oxygens (including phenoxy) is 1. The van der Waals surface area contributed by atoms with Crippen molar-refractivity contribution >= 4 is 6.09 Å². The Labute approximate surface area is 120 Å². The number of aromatic nitrogens is 2. The van der Waals surface area contributed by atoms with Crippen molar-refractivity contribution in [2.45, 2.75) is 46.1 Å². The Morgan fingerprint density at radius 3 is 2.90 bits per heavy atom. The molecule has 20 heavy (non-hydrogen) atoms. The second-order valence-electron chi connectivity index (χ2n) is 6.51. The molecular formula is C15H23N3O2. The van der Waals surface area contributed by atoms with Crippen molar-refractivity contribution in [3.05, 3.63) is 23.5 Å². The SMILES string of the molecule is Cc1cnnc(CC2CCN(C(=O)OC(C)(C)C)C2)c1. The molecule has 0 aromatic carbocycles. The van der Waals surface area contributed by atoms with Crippen molar-refractivity contribution in [3.63, 3.8) is 0 Å². The van der Waals surface area contributed by atoms with Gasteiger partial charge in [-0.15, -0.1) is 0 Å². The van der Waals surface area contributed by atoms with Crippen LogP contribution in [0.1, 0.15) is 38.4 Å². The highest BCUT2D eigenvalue weighted by atomic mass is 16.6. The maximum absolute atomic E-state index is 12.0. The number of nitrogens with zero attached hydrogens (tertiary/aromatic N) is 3. The molecule has 1 saturated heterocycles. The van der Waals surface area contributed by atoms with E-state index in [1.165, 1.54) is 0 Å². The fraction of sp³-hybridized carbons (Fsp3) is 0.667. The standard InChI is InChI=1S/C15H23N3O2/c1-11-7-13(17-16-9-11)8-12-5-6-18(10-12)14(19)20-15(2,3)4/h7,9,12H,5-6,8,10H2,1-4H3. The van der Waals surface area contributed by atoms with E-state index in [-0.39, 0.29) is 6.09 Å². The molecular weight excluding hydrogens is 254 g/mol. The molecule has 0 radical (unpaired) electrons. The quantitative estimate of drug-likeness (QED) is 0.833. The summed E-state index contributed by atoms with van der Waals surface area (Å²) in [5, 5.41) is 8.12. The van der Waals surface area contributed by atoms with Gasteiger partial charge in [-0.2, -0.15) is 10.2 Å². The van der Waals surface area contributed by atoms with Crippen molar-refractivity contribution in [2.75, 3.05) is 13.1 Å². The van der Waals surface area contributed by atoms with Crippen LogP contribution in [0.15, 0.2) is 12.3 Å². The second-order valence-corrected chi connectivity index (χ2v) is 6.51. The van der Waals surface area contributed by atoms with Gasteiger partial charge in [0, 0.05) is 13.1 Å². The first-order chi connectivity index (χ1) is 9.33. The van der Waals surface area contributed by atoms with Crippen molar-refractivity contribution in [3.8, 4) is 0 Å². The molecule has 1 aromatic heterocycles. The van der Waals surface area contributed by atoms with Crippen molar-refractivity contribution < 1.29 is 9.53 Å². The van der Waals surface area contributed by atoms with E-state index in [4.69, 9.17) is 4.74 Å². The maximum atomic E-state index is 12.0. The van der Waals surface area contributed by atoms with E-state index in [0.717, 1.165) is 37.2 Å². The lowest BCUT2D eigenvalue weighted by atomic mass is 10.0.